The Morgan fingerprint density at radius 3 is 1.51 bits per heavy atom. The third-order valence-electron chi connectivity index (χ3n) is 13.2. The van der Waals surface area contributed by atoms with Gasteiger partial charge in [0.15, 0.2) is 0 Å². The van der Waals surface area contributed by atoms with Gasteiger partial charge >= 0.3 is 0 Å². The second kappa shape index (κ2) is 15.0. The van der Waals surface area contributed by atoms with Gasteiger partial charge in [0.2, 0.25) is 0 Å². The van der Waals surface area contributed by atoms with Gasteiger partial charge in [0.25, 0.3) is 0 Å². The molecule has 0 aliphatic carbocycles. The molecular weight excluding hydrogens is 789 g/mol. The zero-order valence-electron chi connectivity index (χ0n) is 35.4. The monoisotopic (exact) mass is 828 g/mol. The van der Waals surface area contributed by atoms with Gasteiger partial charge in [0, 0.05) is 44.2 Å². The molecule has 2 heterocycles. The lowest BCUT2D eigenvalue weighted by molar-refractivity contribution is 0.669. The molecule has 13 aromatic rings. The number of rotatable bonds is 7. The van der Waals surface area contributed by atoms with Crippen molar-refractivity contribution in [1.82, 2.24) is 4.57 Å². The van der Waals surface area contributed by atoms with Crippen molar-refractivity contribution < 1.29 is 4.42 Å². The molecule has 65 heavy (non-hydrogen) atoms. The molecule has 3 heteroatoms. The summed E-state index contributed by atoms with van der Waals surface area (Å²) >= 11 is 0. The molecule has 0 aliphatic rings. The summed E-state index contributed by atoms with van der Waals surface area (Å²) < 4.78 is 8.68. The lowest BCUT2D eigenvalue weighted by atomic mass is 9.97. The minimum atomic E-state index is 0.897. The Balaban J connectivity index is 0.906. The molecule has 0 bridgehead atoms. The van der Waals surface area contributed by atoms with Crippen molar-refractivity contribution >= 4 is 82.4 Å². The number of hydrogen-bond acceptors (Lipinski definition) is 2. The Labute approximate surface area is 376 Å². The van der Waals surface area contributed by atoms with E-state index in [1.165, 1.54) is 60.0 Å². The number of anilines is 3. The van der Waals surface area contributed by atoms with Crippen LogP contribution in [0.4, 0.5) is 17.1 Å². The highest BCUT2D eigenvalue weighted by atomic mass is 16.3. The number of benzene rings is 11. The molecule has 0 saturated carbocycles. The molecule has 304 valence electrons. The van der Waals surface area contributed by atoms with Crippen LogP contribution >= 0.6 is 0 Å². The molecule has 3 nitrogen and oxygen atoms in total. The Morgan fingerprint density at radius 2 is 0.800 bits per heavy atom. The predicted molar refractivity (Wildman–Crippen MR) is 274 cm³/mol. The molecule has 13 rings (SSSR count). The first-order valence-electron chi connectivity index (χ1n) is 22.2. The molecule has 0 radical (unpaired) electrons. The SMILES string of the molecule is c1ccc(-n2c3ccccc3c3ccccc32)c(-c2ccc(N(c3ccc(-c4ccc5c(ccc6ccccc65)c4)cc3)c3ccc(-c4cccc5oc6ccccc6c45)cc3)cc2)c1. The predicted octanol–water partition coefficient (Wildman–Crippen LogP) is 17.5. The molecule has 0 spiro atoms. The first-order valence-corrected chi connectivity index (χ1v) is 22.2. The van der Waals surface area contributed by atoms with E-state index in [-0.39, 0.29) is 0 Å². The zero-order chi connectivity index (χ0) is 42.8. The van der Waals surface area contributed by atoms with E-state index in [9.17, 15) is 0 Å². The van der Waals surface area contributed by atoms with E-state index in [1.807, 2.05) is 12.1 Å². The molecule has 0 fully saturated rings. The fourth-order valence-electron chi connectivity index (χ4n) is 10.1. The topological polar surface area (TPSA) is 21.3 Å². The standard InChI is InChI=1S/C62H40N2O/c1-2-13-50-42(12-1)24-25-46-40-45(32-39-51(46)50)41-26-33-47(34-27-41)63(49-37-30-44(31-38-49)53-18-11-23-61-62(53)56-17-6-10-22-60(56)65-61)48-35-28-43(29-36-48)52-14-3-7-19-57(52)64-58-20-8-4-15-54(58)55-16-5-9-21-59(55)64/h1-40H. The van der Waals surface area contributed by atoms with Crippen LogP contribution < -0.4 is 4.90 Å². The Kier molecular flexibility index (Phi) is 8.53. The third kappa shape index (κ3) is 6.12. The summed E-state index contributed by atoms with van der Waals surface area (Å²) in [6.07, 6.45) is 0. The molecule has 0 amide bonds. The quantitative estimate of drug-likeness (QED) is 0.149. The molecule has 11 aromatic carbocycles. The van der Waals surface area contributed by atoms with E-state index in [4.69, 9.17) is 4.42 Å². The van der Waals surface area contributed by atoms with Gasteiger partial charge in [-0.25, -0.2) is 0 Å². The second-order valence-electron chi connectivity index (χ2n) is 16.9. The van der Waals surface area contributed by atoms with Gasteiger partial charge in [-0.05, 0) is 122 Å². The van der Waals surface area contributed by atoms with E-state index < -0.39 is 0 Å². The number of furan rings is 1. The molecule has 0 N–H and O–H groups in total. The molecular formula is C62H40N2O. The number of aromatic nitrogens is 1. The number of nitrogens with zero attached hydrogens (tertiary/aromatic N) is 2. The van der Waals surface area contributed by atoms with Crippen LogP contribution in [0.25, 0.3) is 104 Å². The first kappa shape index (κ1) is 36.9. The van der Waals surface area contributed by atoms with Crippen LogP contribution in [0.5, 0.6) is 0 Å². The summed E-state index contributed by atoms with van der Waals surface area (Å²) in [5.41, 5.74) is 15.6. The van der Waals surface area contributed by atoms with Gasteiger partial charge in [-0.3, -0.25) is 0 Å². The summed E-state index contributed by atoms with van der Waals surface area (Å²) in [4.78, 5) is 2.36. The van der Waals surface area contributed by atoms with Gasteiger partial charge in [0.1, 0.15) is 11.2 Å². The number of hydrogen-bond donors (Lipinski definition) is 0. The van der Waals surface area contributed by atoms with Crippen LogP contribution in [0.2, 0.25) is 0 Å². The summed E-state index contributed by atoms with van der Waals surface area (Å²) in [7, 11) is 0. The van der Waals surface area contributed by atoms with E-state index >= 15 is 0 Å². The number of para-hydroxylation sites is 4. The Hall–Kier alpha value is -8.66. The smallest absolute Gasteiger partial charge is 0.136 e. The lowest BCUT2D eigenvalue weighted by Crippen LogP contribution is -2.09. The highest BCUT2D eigenvalue weighted by molar-refractivity contribution is 6.13. The van der Waals surface area contributed by atoms with Crippen molar-refractivity contribution in [1.29, 1.82) is 0 Å². The second-order valence-corrected chi connectivity index (χ2v) is 16.9. The normalized spacial score (nSPS) is 11.7. The molecule has 0 atom stereocenters. The average Bonchev–Trinajstić information content (AvgIpc) is 3.93. The van der Waals surface area contributed by atoms with Crippen molar-refractivity contribution in [3.63, 3.8) is 0 Å². The molecule has 2 aromatic heterocycles. The van der Waals surface area contributed by atoms with Gasteiger partial charge in [0.05, 0.1) is 16.7 Å². The maximum Gasteiger partial charge on any atom is 0.136 e. The lowest BCUT2D eigenvalue weighted by Gasteiger charge is -2.26. The van der Waals surface area contributed by atoms with E-state index in [0.717, 1.165) is 61.4 Å². The Bertz CT molecular complexity index is 3880. The highest BCUT2D eigenvalue weighted by Crippen LogP contribution is 2.42. The van der Waals surface area contributed by atoms with Crippen molar-refractivity contribution in [3.8, 4) is 39.1 Å². The Morgan fingerprint density at radius 1 is 0.308 bits per heavy atom. The van der Waals surface area contributed by atoms with Crippen LogP contribution in [0.15, 0.2) is 247 Å². The van der Waals surface area contributed by atoms with Crippen LogP contribution in [-0.2, 0) is 0 Å². The summed E-state index contributed by atoms with van der Waals surface area (Å²) in [6.45, 7) is 0. The van der Waals surface area contributed by atoms with Gasteiger partial charge < -0.3 is 13.9 Å². The summed E-state index contributed by atoms with van der Waals surface area (Å²) in [5.74, 6) is 0. The molecule has 0 saturated heterocycles. The van der Waals surface area contributed by atoms with Crippen LogP contribution in [0, 0.1) is 0 Å². The summed E-state index contributed by atoms with van der Waals surface area (Å²) in [5, 5.41) is 9.84. The minimum Gasteiger partial charge on any atom is -0.456 e. The van der Waals surface area contributed by atoms with Crippen LogP contribution in [0.1, 0.15) is 0 Å². The molecule has 0 aliphatic heterocycles. The van der Waals surface area contributed by atoms with E-state index in [1.54, 1.807) is 0 Å². The fraction of sp³-hybridized carbons (Fsp3) is 0. The van der Waals surface area contributed by atoms with E-state index in [0.29, 0.717) is 0 Å². The van der Waals surface area contributed by atoms with Gasteiger partial charge in [-0.1, -0.05) is 170 Å². The third-order valence-corrected chi connectivity index (χ3v) is 13.2. The van der Waals surface area contributed by atoms with Gasteiger partial charge in [-0.2, -0.15) is 0 Å². The largest absolute Gasteiger partial charge is 0.456 e. The van der Waals surface area contributed by atoms with Crippen molar-refractivity contribution in [2.45, 2.75) is 0 Å². The van der Waals surface area contributed by atoms with Crippen LogP contribution in [0.3, 0.4) is 0 Å². The van der Waals surface area contributed by atoms with Crippen molar-refractivity contribution in [2.75, 3.05) is 4.90 Å². The summed E-state index contributed by atoms with van der Waals surface area (Å²) in [6, 6.07) is 87.7. The van der Waals surface area contributed by atoms with Gasteiger partial charge in [-0.15, -0.1) is 0 Å². The van der Waals surface area contributed by atoms with E-state index in [2.05, 4.69) is 240 Å². The maximum atomic E-state index is 6.27. The van der Waals surface area contributed by atoms with Crippen molar-refractivity contribution in [3.05, 3.63) is 243 Å². The molecule has 0 unspecified atom stereocenters. The first-order chi connectivity index (χ1) is 32.2. The fourth-order valence-corrected chi connectivity index (χ4v) is 10.1. The maximum absolute atomic E-state index is 6.27. The number of fused-ring (bicyclic) bond motifs is 9. The highest BCUT2D eigenvalue weighted by Gasteiger charge is 2.18. The van der Waals surface area contributed by atoms with Crippen molar-refractivity contribution in [2.24, 2.45) is 0 Å². The average molecular weight is 829 g/mol. The zero-order valence-corrected chi connectivity index (χ0v) is 35.4. The minimum absolute atomic E-state index is 0.897. The van der Waals surface area contributed by atoms with Crippen LogP contribution in [-0.4, -0.2) is 4.57 Å².